The summed E-state index contributed by atoms with van der Waals surface area (Å²) in [5.74, 6) is 1.33. The lowest BCUT2D eigenvalue weighted by atomic mass is 9.88. The van der Waals surface area contributed by atoms with Crippen molar-refractivity contribution in [2.45, 2.75) is 76.3 Å². The first-order valence-corrected chi connectivity index (χ1v) is 11.1. The molecule has 0 aliphatic carbocycles. The number of piperidine rings is 1. The van der Waals surface area contributed by atoms with Crippen molar-refractivity contribution in [3.63, 3.8) is 0 Å². The second kappa shape index (κ2) is 8.41. The lowest BCUT2D eigenvalue weighted by Gasteiger charge is -2.42. The molecule has 4 aliphatic rings. The summed E-state index contributed by atoms with van der Waals surface area (Å²) in [6.07, 6.45) is 6.47. The van der Waals surface area contributed by atoms with E-state index in [1.165, 1.54) is 43.5 Å². The molecule has 3 N–H and O–H groups in total. The zero-order valence-electron chi connectivity index (χ0n) is 17.4. The molecule has 154 valence electrons. The third kappa shape index (κ3) is 4.37. The quantitative estimate of drug-likeness (QED) is 0.627. The molecular weight excluding hydrogens is 340 g/mol. The fourth-order valence-corrected chi connectivity index (χ4v) is 5.61. The number of likely N-dealkylation sites (tertiary alicyclic amines) is 1. The summed E-state index contributed by atoms with van der Waals surface area (Å²) in [7, 11) is 2.24. The van der Waals surface area contributed by atoms with Crippen molar-refractivity contribution in [1.29, 1.82) is 0 Å². The van der Waals surface area contributed by atoms with Crippen molar-refractivity contribution in [2.24, 2.45) is 11.8 Å². The second-order valence-electron chi connectivity index (χ2n) is 9.67. The molecule has 0 aromatic rings. The highest BCUT2D eigenvalue weighted by atomic mass is 16.3. The predicted octanol–water partition coefficient (Wildman–Crippen LogP) is 0.761. The fraction of sp³-hybridized carbons (Fsp3) is 1.00. The first-order chi connectivity index (χ1) is 13.0. The van der Waals surface area contributed by atoms with Crippen molar-refractivity contribution < 1.29 is 4.76 Å². The van der Waals surface area contributed by atoms with Crippen molar-refractivity contribution in [3.05, 3.63) is 4.91 Å². The van der Waals surface area contributed by atoms with Crippen LogP contribution in [0.15, 0.2) is 0 Å². The Labute approximate surface area is 164 Å². The van der Waals surface area contributed by atoms with Gasteiger partial charge in [-0.1, -0.05) is 6.92 Å². The van der Waals surface area contributed by atoms with E-state index in [-0.39, 0.29) is 12.2 Å². The molecule has 7 nitrogen and oxygen atoms in total. The molecule has 7 heteroatoms. The smallest absolute Gasteiger partial charge is 0.272 e. The fourth-order valence-electron chi connectivity index (χ4n) is 5.61. The topological polar surface area (TPSA) is 62.6 Å². The Hall–Kier alpha value is -0.600. The number of hydrogen-bond donors (Lipinski definition) is 3. The maximum Gasteiger partial charge on any atom is 0.272 e. The molecule has 0 spiro atoms. The molecule has 4 aliphatic heterocycles. The van der Waals surface area contributed by atoms with Crippen LogP contribution >= 0.6 is 0 Å². The summed E-state index contributed by atoms with van der Waals surface area (Å²) in [6.45, 7) is 9.72. The van der Waals surface area contributed by atoms with E-state index < -0.39 is 0 Å². The summed E-state index contributed by atoms with van der Waals surface area (Å²) in [5, 5.41) is 9.81. The standard InChI is InChI=1S/C20H39N6O/c1-14-10-18(23-25-13-15(2)26(27)20(14)25)19-12-21-17(11-22-19)5-4-16-6-8-24(3)9-7-16/h14-23H,4-13H2,1-3H3/q+1. The average molecular weight is 380 g/mol. The zero-order valence-corrected chi connectivity index (χ0v) is 17.4. The van der Waals surface area contributed by atoms with Gasteiger partial charge in [-0.25, -0.2) is 5.43 Å². The molecule has 4 rings (SSSR count). The Morgan fingerprint density at radius 1 is 1.04 bits per heavy atom. The van der Waals surface area contributed by atoms with Gasteiger partial charge in [-0.3, -0.25) is 0 Å². The van der Waals surface area contributed by atoms with E-state index in [1.54, 1.807) is 0 Å². The highest BCUT2D eigenvalue weighted by molar-refractivity contribution is 4.95. The molecule has 0 saturated carbocycles. The monoisotopic (exact) mass is 379 g/mol. The number of nitroso groups, excluding NO2 is 1. The largest absolute Gasteiger partial charge is 0.311 e. The molecule has 0 radical (unpaired) electrons. The summed E-state index contributed by atoms with van der Waals surface area (Å²) in [6, 6.07) is 1.56. The Kier molecular flexibility index (Phi) is 6.14. The first-order valence-electron chi connectivity index (χ1n) is 11.1. The minimum atomic E-state index is 0.00934. The number of nitrogens with one attached hydrogen (secondary N) is 3. The molecule has 27 heavy (non-hydrogen) atoms. The minimum absolute atomic E-state index is 0.00934. The van der Waals surface area contributed by atoms with Crippen molar-refractivity contribution in [1.82, 2.24) is 26.0 Å². The van der Waals surface area contributed by atoms with Gasteiger partial charge >= 0.3 is 0 Å². The van der Waals surface area contributed by atoms with Crippen LogP contribution in [-0.2, 0) is 0 Å². The van der Waals surface area contributed by atoms with Gasteiger partial charge in [0.25, 0.3) is 6.17 Å². The predicted molar refractivity (Wildman–Crippen MR) is 107 cm³/mol. The summed E-state index contributed by atoms with van der Waals surface area (Å²) < 4.78 is 1.29. The third-order valence-corrected chi connectivity index (χ3v) is 7.44. The van der Waals surface area contributed by atoms with Gasteiger partial charge in [0.1, 0.15) is 0 Å². The van der Waals surface area contributed by atoms with Crippen LogP contribution in [0.3, 0.4) is 0 Å². The van der Waals surface area contributed by atoms with Gasteiger partial charge < -0.3 is 15.5 Å². The van der Waals surface area contributed by atoms with Gasteiger partial charge in [0, 0.05) is 53.7 Å². The van der Waals surface area contributed by atoms with E-state index in [4.69, 9.17) is 0 Å². The van der Waals surface area contributed by atoms with Crippen LogP contribution in [0.1, 0.15) is 46.0 Å². The molecule has 6 unspecified atom stereocenters. The van der Waals surface area contributed by atoms with Gasteiger partial charge in [0.2, 0.25) is 6.04 Å². The SMILES string of the molecule is CC1CC(C2CNC(CCC3CCN(C)CC3)CN2)NN2CC(C)[N+](=O)C12. The zero-order chi connectivity index (χ0) is 19.0. The Morgan fingerprint density at radius 2 is 1.81 bits per heavy atom. The number of fused-ring (bicyclic) bond motifs is 1. The molecule has 0 amide bonds. The van der Waals surface area contributed by atoms with E-state index >= 15 is 0 Å². The Bertz CT molecular complexity index is 515. The second-order valence-corrected chi connectivity index (χ2v) is 9.67. The highest BCUT2D eigenvalue weighted by Gasteiger charge is 2.53. The Morgan fingerprint density at radius 3 is 2.52 bits per heavy atom. The maximum absolute atomic E-state index is 12.3. The van der Waals surface area contributed by atoms with E-state index in [2.05, 4.69) is 39.9 Å². The highest BCUT2D eigenvalue weighted by Crippen LogP contribution is 2.29. The molecule has 6 atom stereocenters. The van der Waals surface area contributed by atoms with E-state index in [0.29, 0.717) is 24.0 Å². The maximum atomic E-state index is 12.3. The van der Waals surface area contributed by atoms with Crippen LogP contribution < -0.4 is 16.1 Å². The van der Waals surface area contributed by atoms with Crippen molar-refractivity contribution in [3.8, 4) is 0 Å². The number of hydrazine groups is 1. The van der Waals surface area contributed by atoms with Gasteiger partial charge in [0.05, 0.1) is 6.54 Å². The van der Waals surface area contributed by atoms with E-state index in [9.17, 15) is 4.91 Å². The van der Waals surface area contributed by atoms with Crippen LogP contribution in [0.2, 0.25) is 0 Å². The van der Waals surface area contributed by atoms with Gasteiger partial charge in [-0.2, -0.15) is 5.01 Å². The van der Waals surface area contributed by atoms with E-state index in [1.807, 2.05) is 6.92 Å². The molecule has 0 aromatic heterocycles. The lowest BCUT2D eigenvalue weighted by Crippen LogP contribution is -2.67. The van der Waals surface area contributed by atoms with Crippen molar-refractivity contribution in [2.75, 3.05) is 39.8 Å². The Balaban J connectivity index is 1.21. The molecule has 0 aromatic carbocycles. The number of rotatable bonds is 4. The third-order valence-electron chi connectivity index (χ3n) is 7.44. The first kappa shape index (κ1) is 19.7. The van der Waals surface area contributed by atoms with Gasteiger partial charge in [-0.05, 0) is 58.2 Å². The molecule has 0 bridgehead atoms. The molecule has 4 fully saturated rings. The van der Waals surface area contributed by atoms with Crippen LogP contribution in [-0.4, -0.2) is 84.8 Å². The van der Waals surface area contributed by atoms with Crippen molar-refractivity contribution >= 4 is 0 Å². The summed E-state index contributed by atoms with van der Waals surface area (Å²) in [5.41, 5.74) is 3.66. The number of hydrogen-bond acceptors (Lipinski definition) is 6. The number of piperazine rings is 1. The molecule has 4 heterocycles. The summed E-state index contributed by atoms with van der Waals surface area (Å²) in [4.78, 5) is 14.8. The normalized spacial score (nSPS) is 42.4. The van der Waals surface area contributed by atoms with Crippen LogP contribution in [0.5, 0.6) is 0 Å². The lowest BCUT2D eigenvalue weighted by molar-refractivity contribution is -0.615. The minimum Gasteiger partial charge on any atom is -0.311 e. The van der Waals surface area contributed by atoms with E-state index in [0.717, 1.165) is 32.0 Å². The summed E-state index contributed by atoms with van der Waals surface area (Å²) >= 11 is 0. The van der Waals surface area contributed by atoms with Gasteiger partial charge in [0.15, 0.2) is 0 Å². The molecular formula is C20H39N6O+. The van der Waals surface area contributed by atoms with Crippen LogP contribution in [0, 0.1) is 16.7 Å². The van der Waals surface area contributed by atoms with Crippen LogP contribution in [0.25, 0.3) is 0 Å². The molecule has 4 saturated heterocycles. The average Bonchev–Trinajstić information content (AvgIpc) is 2.96. The van der Waals surface area contributed by atoms with Crippen LogP contribution in [0.4, 0.5) is 0 Å². The number of nitrogens with zero attached hydrogens (tertiary/aromatic N) is 3. The van der Waals surface area contributed by atoms with Gasteiger partial charge in [-0.15, -0.1) is 0 Å².